The molecule has 0 saturated carbocycles. The first-order chi connectivity index (χ1) is 15.0. The van der Waals surface area contributed by atoms with Crippen LogP contribution in [0, 0.1) is 6.92 Å². The maximum Gasteiger partial charge on any atom is 0.289 e. The number of para-hydroxylation sites is 1. The number of furan rings is 1. The number of amides is 2. The Morgan fingerprint density at radius 2 is 1.68 bits per heavy atom. The van der Waals surface area contributed by atoms with Crippen molar-refractivity contribution in [2.24, 2.45) is 0 Å². The number of hydrogen-bond acceptors (Lipinski definition) is 6. The number of ether oxygens (including phenoxy) is 1. The lowest BCUT2D eigenvalue weighted by atomic mass is 10.2. The van der Waals surface area contributed by atoms with Crippen LogP contribution in [-0.4, -0.2) is 64.7 Å². The first-order valence-corrected chi connectivity index (χ1v) is 9.86. The largest absolute Gasteiger partial charge is 0.494 e. The molecule has 0 atom stereocenters. The SMILES string of the molecule is COc1cc(=O)n(-c2ccccc2C)nc1C(=O)N1CCN(C(=O)c2ccco2)CC1. The molecule has 0 radical (unpaired) electrons. The second-order valence-corrected chi connectivity index (χ2v) is 7.16. The second kappa shape index (κ2) is 8.47. The molecule has 0 bridgehead atoms. The molecule has 1 aromatic carbocycles. The van der Waals surface area contributed by atoms with Gasteiger partial charge >= 0.3 is 0 Å². The van der Waals surface area contributed by atoms with Gasteiger partial charge in [0.2, 0.25) is 0 Å². The van der Waals surface area contributed by atoms with E-state index in [2.05, 4.69) is 5.10 Å². The predicted molar refractivity (Wildman–Crippen MR) is 112 cm³/mol. The molecule has 3 heterocycles. The summed E-state index contributed by atoms with van der Waals surface area (Å²) in [5.41, 5.74) is 1.11. The summed E-state index contributed by atoms with van der Waals surface area (Å²) in [5.74, 6) is -0.174. The molecule has 0 spiro atoms. The minimum absolute atomic E-state index is 0.0520. The van der Waals surface area contributed by atoms with Gasteiger partial charge in [0.25, 0.3) is 17.4 Å². The lowest BCUT2D eigenvalue weighted by Crippen LogP contribution is -2.51. The number of rotatable bonds is 4. The standard InChI is InChI=1S/C22H22N4O5/c1-15-6-3-4-7-16(15)26-19(27)14-18(30-2)20(23-26)22(29)25-11-9-24(10-12-25)21(28)17-8-5-13-31-17/h3-8,13-14H,9-12H2,1-2H3. The average molecular weight is 422 g/mol. The Labute approximate surface area is 178 Å². The van der Waals surface area contributed by atoms with E-state index in [1.807, 2.05) is 19.1 Å². The zero-order chi connectivity index (χ0) is 22.0. The van der Waals surface area contributed by atoms with E-state index >= 15 is 0 Å². The number of nitrogens with zero attached hydrogens (tertiary/aromatic N) is 4. The van der Waals surface area contributed by atoms with Crippen molar-refractivity contribution in [3.63, 3.8) is 0 Å². The molecule has 9 nitrogen and oxygen atoms in total. The summed E-state index contributed by atoms with van der Waals surface area (Å²) >= 11 is 0. The van der Waals surface area contributed by atoms with Crippen molar-refractivity contribution in [1.29, 1.82) is 0 Å². The van der Waals surface area contributed by atoms with Crippen LogP contribution in [-0.2, 0) is 0 Å². The molecule has 1 aliphatic rings. The van der Waals surface area contributed by atoms with Gasteiger partial charge in [-0.05, 0) is 30.7 Å². The van der Waals surface area contributed by atoms with Gasteiger partial charge < -0.3 is 19.0 Å². The lowest BCUT2D eigenvalue weighted by molar-refractivity contribution is 0.0512. The molecule has 0 unspecified atom stereocenters. The van der Waals surface area contributed by atoms with Gasteiger partial charge in [-0.15, -0.1) is 0 Å². The first kappa shape index (κ1) is 20.4. The van der Waals surface area contributed by atoms with E-state index in [-0.39, 0.29) is 29.0 Å². The van der Waals surface area contributed by atoms with Crippen LogP contribution >= 0.6 is 0 Å². The summed E-state index contributed by atoms with van der Waals surface area (Å²) in [4.78, 5) is 41.5. The number of carbonyl (C=O) groups excluding carboxylic acids is 2. The Kier molecular flexibility index (Phi) is 5.57. The highest BCUT2D eigenvalue weighted by Crippen LogP contribution is 2.19. The lowest BCUT2D eigenvalue weighted by Gasteiger charge is -2.34. The quantitative estimate of drug-likeness (QED) is 0.635. The smallest absolute Gasteiger partial charge is 0.289 e. The van der Waals surface area contributed by atoms with Crippen molar-refractivity contribution < 1.29 is 18.7 Å². The number of carbonyl (C=O) groups is 2. The maximum atomic E-state index is 13.2. The molecular formula is C22H22N4O5. The monoisotopic (exact) mass is 422 g/mol. The van der Waals surface area contributed by atoms with Crippen LogP contribution < -0.4 is 10.3 Å². The number of aromatic nitrogens is 2. The van der Waals surface area contributed by atoms with E-state index in [4.69, 9.17) is 9.15 Å². The molecule has 160 valence electrons. The molecule has 2 amide bonds. The second-order valence-electron chi connectivity index (χ2n) is 7.16. The molecule has 9 heteroatoms. The van der Waals surface area contributed by atoms with Crippen LogP contribution in [0.4, 0.5) is 0 Å². The van der Waals surface area contributed by atoms with Crippen molar-refractivity contribution in [2.45, 2.75) is 6.92 Å². The third-order valence-corrected chi connectivity index (χ3v) is 5.25. The maximum absolute atomic E-state index is 13.2. The molecule has 2 aromatic heterocycles. The van der Waals surface area contributed by atoms with Crippen LogP contribution in [0.25, 0.3) is 5.69 Å². The van der Waals surface area contributed by atoms with E-state index in [1.165, 1.54) is 24.1 Å². The van der Waals surface area contributed by atoms with E-state index < -0.39 is 5.56 Å². The minimum atomic E-state index is -0.392. The summed E-state index contributed by atoms with van der Waals surface area (Å²) in [6.07, 6.45) is 1.45. The van der Waals surface area contributed by atoms with Crippen LogP contribution in [0.3, 0.4) is 0 Å². The fourth-order valence-corrected chi connectivity index (χ4v) is 3.54. The summed E-state index contributed by atoms with van der Waals surface area (Å²) < 4.78 is 11.6. The minimum Gasteiger partial charge on any atom is -0.494 e. The zero-order valence-corrected chi connectivity index (χ0v) is 17.3. The van der Waals surface area contributed by atoms with Gasteiger partial charge in [-0.25, -0.2) is 0 Å². The molecule has 1 aliphatic heterocycles. The average Bonchev–Trinajstić information content (AvgIpc) is 3.33. The van der Waals surface area contributed by atoms with Gasteiger partial charge in [0.1, 0.15) is 0 Å². The highest BCUT2D eigenvalue weighted by Gasteiger charge is 2.29. The van der Waals surface area contributed by atoms with E-state index in [1.54, 1.807) is 34.1 Å². The Morgan fingerprint density at radius 3 is 2.29 bits per heavy atom. The van der Waals surface area contributed by atoms with Crippen molar-refractivity contribution in [3.05, 3.63) is 76.1 Å². The first-order valence-electron chi connectivity index (χ1n) is 9.86. The summed E-state index contributed by atoms with van der Waals surface area (Å²) in [6.45, 7) is 3.26. The van der Waals surface area contributed by atoms with Gasteiger partial charge in [0.15, 0.2) is 17.2 Å². The number of hydrogen-bond donors (Lipinski definition) is 0. The molecular weight excluding hydrogens is 400 g/mol. The van der Waals surface area contributed by atoms with Gasteiger partial charge in [-0.3, -0.25) is 14.4 Å². The molecule has 1 saturated heterocycles. The Morgan fingerprint density at radius 1 is 1.00 bits per heavy atom. The number of benzene rings is 1. The van der Waals surface area contributed by atoms with Crippen LogP contribution in [0.5, 0.6) is 5.75 Å². The van der Waals surface area contributed by atoms with Crippen LogP contribution in [0.15, 0.2) is 57.9 Å². The van der Waals surface area contributed by atoms with E-state index in [9.17, 15) is 14.4 Å². The molecule has 0 N–H and O–H groups in total. The molecule has 3 aromatic rings. The fourth-order valence-electron chi connectivity index (χ4n) is 3.54. The van der Waals surface area contributed by atoms with Crippen molar-refractivity contribution in [2.75, 3.05) is 33.3 Å². The molecule has 31 heavy (non-hydrogen) atoms. The zero-order valence-electron chi connectivity index (χ0n) is 17.3. The molecule has 1 fully saturated rings. The van der Waals surface area contributed by atoms with Crippen molar-refractivity contribution in [3.8, 4) is 11.4 Å². The third-order valence-electron chi connectivity index (χ3n) is 5.25. The Bertz CT molecular complexity index is 1160. The van der Waals surface area contributed by atoms with Crippen LogP contribution in [0.2, 0.25) is 0 Å². The molecule has 0 aliphatic carbocycles. The van der Waals surface area contributed by atoms with Gasteiger partial charge in [-0.1, -0.05) is 18.2 Å². The highest BCUT2D eigenvalue weighted by molar-refractivity contribution is 5.95. The van der Waals surface area contributed by atoms with Gasteiger partial charge in [0, 0.05) is 26.2 Å². The van der Waals surface area contributed by atoms with Crippen LogP contribution in [0.1, 0.15) is 26.6 Å². The third kappa shape index (κ3) is 3.94. The molecule has 4 rings (SSSR count). The van der Waals surface area contributed by atoms with Gasteiger partial charge in [0.05, 0.1) is 25.1 Å². The summed E-state index contributed by atoms with van der Waals surface area (Å²) in [6, 6.07) is 11.8. The fraction of sp³-hybridized carbons (Fsp3) is 0.273. The summed E-state index contributed by atoms with van der Waals surface area (Å²) in [7, 11) is 1.39. The van der Waals surface area contributed by atoms with E-state index in [0.29, 0.717) is 31.9 Å². The normalized spacial score (nSPS) is 13.9. The predicted octanol–water partition coefficient (Wildman–Crippen LogP) is 1.74. The van der Waals surface area contributed by atoms with Gasteiger partial charge in [-0.2, -0.15) is 9.78 Å². The van der Waals surface area contributed by atoms with Crippen molar-refractivity contribution in [1.82, 2.24) is 19.6 Å². The highest BCUT2D eigenvalue weighted by atomic mass is 16.5. The number of piperazine rings is 1. The number of methoxy groups -OCH3 is 1. The summed E-state index contributed by atoms with van der Waals surface area (Å²) in [5, 5.41) is 4.34. The Hall–Kier alpha value is -3.88. The Balaban J connectivity index is 1.57. The van der Waals surface area contributed by atoms with Crippen molar-refractivity contribution >= 4 is 11.8 Å². The van der Waals surface area contributed by atoms with E-state index in [0.717, 1.165) is 5.56 Å². The topological polar surface area (TPSA) is 97.9 Å². The number of aryl methyl sites for hydroxylation is 1.